The van der Waals surface area contributed by atoms with Crippen molar-refractivity contribution in [2.75, 3.05) is 7.11 Å². The average Bonchev–Trinajstić information content (AvgIpc) is 3.05. The van der Waals surface area contributed by atoms with E-state index in [2.05, 4.69) is 5.32 Å². The van der Waals surface area contributed by atoms with Gasteiger partial charge in [0.2, 0.25) is 0 Å². The minimum absolute atomic E-state index is 0.165. The molecular formula is C19H19NO5. The zero-order chi connectivity index (χ0) is 17.8. The van der Waals surface area contributed by atoms with Crippen LogP contribution in [0.5, 0.6) is 11.5 Å². The van der Waals surface area contributed by atoms with E-state index in [1.54, 1.807) is 37.4 Å². The third kappa shape index (κ3) is 3.91. The van der Waals surface area contributed by atoms with Gasteiger partial charge in [0.1, 0.15) is 17.5 Å². The number of nitrogens with one attached hydrogen (secondary N) is 1. The number of carbonyl (C=O) groups excluding carboxylic acids is 1. The monoisotopic (exact) mass is 341 g/mol. The Kier molecular flexibility index (Phi) is 4.88. The number of aliphatic carboxylic acids is 1. The summed E-state index contributed by atoms with van der Waals surface area (Å²) in [7, 11) is 1.55. The molecule has 0 fully saturated rings. The van der Waals surface area contributed by atoms with Crippen LogP contribution in [0.25, 0.3) is 0 Å². The molecule has 1 aliphatic heterocycles. The topological polar surface area (TPSA) is 84.9 Å². The number of benzene rings is 2. The van der Waals surface area contributed by atoms with E-state index in [4.69, 9.17) is 9.47 Å². The Morgan fingerprint density at radius 1 is 1.28 bits per heavy atom. The van der Waals surface area contributed by atoms with Crippen molar-refractivity contribution in [3.8, 4) is 11.5 Å². The lowest BCUT2D eigenvalue weighted by Crippen LogP contribution is -2.47. The van der Waals surface area contributed by atoms with E-state index in [0.29, 0.717) is 17.9 Å². The molecule has 1 heterocycles. The first kappa shape index (κ1) is 16.8. The molecule has 0 spiro atoms. The van der Waals surface area contributed by atoms with Gasteiger partial charge in [0, 0.05) is 12.8 Å². The second-order valence-corrected chi connectivity index (χ2v) is 5.87. The molecule has 2 N–H and O–H groups in total. The molecule has 0 saturated heterocycles. The van der Waals surface area contributed by atoms with Crippen LogP contribution in [0.2, 0.25) is 0 Å². The van der Waals surface area contributed by atoms with Crippen molar-refractivity contribution in [3.63, 3.8) is 0 Å². The minimum atomic E-state index is -1.09. The third-order valence-corrected chi connectivity index (χ3v) is 4.13. The molecule has 0 aromatic heterocycles. The number of rotatable bonds is 6. The lowest BCUT2D eigenvalue weighted by molar-refractivity contribution is -0.142. The number of hydrogen-bond acceptors (Lipinski definition) is 4. The fourth-order valence-corrected chi connectivity index (χ4v) is 2.83. The van der Waals surface area contributed by atoms with Crippen molar-refractivity contribution >= 4 is 11.9 Å². The summed E-state index contributed by atoms with van der Waals surface area (Å²) in [6, 6.07) is 13.5. The highest BCUT2D eigenvalue weighted by Crippen LogP contribution is 2.28. The van der Waals surface area contributed by atoms with E-state index in [1.807, 2.05) is 18.2 Å². The van der Waals surface area contributed by atoms with Gasteiger partial charge in [-0.3, -0.25) is 4.79 Å². The van der Waals surface area contributed by atoms with Crippen LogP contribution in [-0.2, 0) is 22.4 Å². The molecular weight excluding hydrogens is 322 g/mol. The first-order chi connectivity index (χ1) is 12.1. The Bertz CT molecular complexity index is 764. The van der Waals surface area contributed by atoms with Crippen LogP contribution in [-0.4, -0.2) is 36.2 Å². The number of para-hydroxylation sites is 1. The summed E-state index contributed by atoms with van der Waals surface area (Å²) in [4.78, 5) is 24.0. The van der Waals surface area contributed by atoms with Gasteiger partial charge in [-0.05, 0) is 29.3 Å². The van der Waals surface area contributed by atoms with E-state index in [0.717, 1.165) is 11.1 Å². The Hall–Kier alpha value is -3.02. The van der Waals surface area contributed by atoms with Crippen LogP contribution < -0.4 is 14.8 Å². The highest BCUT2D eigenvalue weighted by atomic mass is 16.5. The van der Waals surface area contributed by atoms with E-state index >= 15 is 0 Å². The molecule has 2 aromatic rings. The van der Waals surface area contributed by atoms with Crippen molar-refractivity contribution < 1.29 is 24.2 Å². The van der Waals surface area contributed by atoms with Gasteiger partial charge >= 0.3 is 5.97 Å². The standard InChI is InChI=1S/C19H19NO5/c1-24-14-7-4-5-12(9-14)10-15(19(22)23)20-18(21)17-11-13-6-2-3-8-16(13)25-17/h2-9,15,17H,10-11H2,1H3,(H,20,21)(H,22,23). The molecule has 2 unspecified atom stereocenters. The van der Waals surface area contributed by atoms with Crippen LogP contribution in [0.15, 0.2) is 48.5 Å². The fourth-order valence-electron chi connectivity index (χ4n) is 2.83. The zero-order valence-electron chi connectivity index (χ0n) is 13.8. The van der Waals surface area contributed by atoms with E-state index in [1.165, 1.54) is 0 Å². The number of carboxylic acids is 1. The highest BCUT2D eigenvalue weighted by Gasteiger charge is 2.31. The van der Waals surface area contributed by atoms with Crippen molar-refractivity contribution in [2.24, 2.45) is 0 Å². The first-order valence-electron chi connectivity index (χ1n) is 7.97. The highest BCUT2D eigenvalue weighted by molar-refractivity contribution is 5.87. The number of hydrogen-bond donors (Lipinski definition) is 2. The van der Waals surface area contributed by atoms with Crippen molar-refractivity contribution in [1.82, 2.24) is 5.32 Å². The Morgan fingerprint density at radius 2 is 2.08 bits per heavy atom. The molecule has 0 bridgehead atoms. The summed E-state index contributed by atoms with van der Waals surface area (Å²) >= 11 is 0. The number of ether oxygens (including phenoxy) is 2. The normalized spacial score (nSPS) is 16.4. The van der Waals surface area contributed by atoms with Crippen molar-refractivity contribution in [2.45, 2.75) is 25.0 Å². The Labute approximate surface area is 145 Å². The third-order valence-electron chi connectivity index (χ3n) is 4.13. The van der Waals surface area contributed by atoms with E-state index in [-0.39, 0.29) is 6.42 Å². The van der Waals surface area contributed by atoms with Crippen LogP contribution in [0.1, 0.15) is 11.1 Å². The predicted molar refractivity (Wildman–Crippen MR) is 90.8 cm³/mol. The molecule has 2 aromatic carbocycles. The molecule has 3 rings (SSSR count). The minimum Gasteiger partial charge on any atom is -0.497 e. The number of fused-ring (bicyclic) bond motifs is 1. The quantitative estimate of drug-likeness (QED) is 0.837. The maximum atomic E-state index is 12.4. The van der Waals surface area contributed by atoms with Gasteiger partial charge in [-0.1, -0.05) is 30.3 Å². The molecule has 0 aliphatic carbocycles. The summed E-state index contributed by atoms with van der Waals surface area (Å²) in [5.41, 5.74) is 1.71. The summed E-state index contributed by atoms with van der Waals surface area (Å²) in [5, 5.41) is 12.0. The Balaban J connectivity index is 1.66. The summed E-state index contributed by atoms with van der Waals surface area (Å²) in [6.45, 7) is 0. The molecule has 6 heteroatoms. The van der Waals surface area contributed by atoms with Gasteiger partial charge in [0.05, 0.1) is 7.11 Å². The van der Waals surface area contributed by atoms with Crippen molar-refractivity contribution in [3.05, 3.63) is 59.7 Å². The molecule has 0 saturated carbocycles. The second kappa shape index (κ2) is 7.25. The maximum Gasteiger partial charge on any atom is 0.326 e. The average molecular weight is 341 g/mol. The number of carboxylic acid groups (broad SMARTS) is 1. The molecule has 130 valence electrons. The predicted octanol–water partition coefficient (Wildman–Crippen LogP) is 1.81. The van der Waals surface area contributed by atoms with Gasteiger partial charge in [-0.2, -0.15) is 0 Å². The van der Waals surface area contributed by atoms with Gasteiger partial charge in [0.25, 0.3) is 5.91 Å². The van der Waals surface area contributed by atoms with Crippen LogP contribution in [0.3, 0.4) is 0 Å². The lowest BCUT2D eigenvalue weighted by atomic mass is 10.0. The molecule has 2 atom stereocenters. The van der Waals surface area contributed by atoms with E-state index in [9.17, 15) is 14.7 Å². The van der Waals surface area contributed by atoms with Gasteiger partial charge in [-0.15, -0.1) is 0 Å². The number of methoxy groups -OCH3 is 1. The van der Waals surface area contributed by atoms with E-state index < -0.39 is 24.0 Å². The fraction of sp³-hybridized carbons (Fsp3) is 0.263. The summed E-state index contributed by atoms with van der Waals surface area (Å²) in [5.74, 6) is -0.206. The SMILES string of the molecule is COc1cccc(CC(NC(=O)C2Cc3ccccc3O2)C(=O)O)c1. The van der Waals surface area contributed by atoms with Crippen LogP contribution in [0.4, 0.5) is 0 Å². The smallest absolute Gasteiger partial charge is 0.326 e. The van der Waals surface area contributed by atoms with Crippen molar-refractivity contribution in [1.29, 1.82) is 0 Å². The molecule has 1 aliphatic rings. The first-order valence-corrected chi connectivity index (χ1v) is 7.97. The van der Waals surface area contributed by atoms with Gasteiger partial charge < -0.3 is 19.9 Å². The van der Waals surface area contributed by atoms with Gasteiger partial charge in [0.15, 0.2) is 6.10 Å². The maximum absolute atomic E-state index is 12.4. The summed E-state index contributed by atoms with van der Waals surface area (Å²) in [6.07, 6.45) is -0.101. The summed E-state index contributed by atoms with van der Waals surface area (Å²) < 4.78 is 10.8. The second-order valence-electron chi connectivity index (χ2n) is 5.87. The zero-order valence-corrected chi connectivity index (χ0v) is 13.8. The molecule has 1 amide bonds. The molecule has 25 heavy (non-hydrogen) atoms. The van der Waals surface area contributed by atoms with Gasteiger partial charge in [-0.25, -0.2) is 4.79 Å². The van der Waals surface area contributed by atoms with Crippen LogP contribution in [0, 0.1) is 0 Å². The van der Waals surface area contributed by atoms with Crippen LogP contribution >= 0.6 is 0 Å². The number of carbonyl (C=O) groups is 2. The Morgan fingerprint density at radius 3 is 2.80 bits per heavy atom. The molecule has 0 radical (unpaired) electrons. The largest absolute Gasteiger partial charge is 0.497 e. The number of amides is 1. The molecule has 6 nitrogen and oxygen atoms in total. The lowest BCUT2D eigenvalue weighted by Gasteiger charge is -2.18.